The van der Waals surface area contributed by atoms with Crippen LogP contribution in [0.2, 0.25) is 0 Å². The number of benzene rings is 1. The van der Waals surface area contributed by atoms with Crippen molar-refractivity contribution in [2.45, 2.75) is 0 Å². The smallest absolute Gasteiger partial charge is 0.280 e. The maximum Gasteiger partial charge on any atom is 0.280 e. The van der Waals surface area contributed by atoms with Crippen molar-refractivity contribution in [2.24, 2.45) is 0 Å². The van der Waals surface area contributed by atoms with Crippen LogP contribution < -0.4 is 11.1 Å². The maximum atomic E-state index is 12.8. The Kier molecular flexibility index (Phi) is 2.50. The number of carbonyl (C=O) groups is 1. The molecule has 1 heterocycles. The molecule has 0 aliphatic rings. The van der Waals surface area contributed by atoms with Gasteiger partial charge in [0.15, 0.2) is 11.5 Å². The molecule has 0 fully saturated rings. The number of nitrogens with zero attached hydrogens (tertiary/aromatic N) is 2. The summed E-state index contributed by atoms with van der Waals surface area (Å²) in [5.74, 6) is -0.989. The van der Waals surface area contributed by atoms with Gasteiger partial charge in [-0.15, -0.1) is 10.2 Å². The predicted molar refractivity (Wildman–Crippen MR) is 55.1 cm³/mol. The zero-order chi connectivity index (χ0) is 11.5. The van der Waals surface area contributed by atoms with E-state index >= 15 is 0 Å². The fourth-order valence-corrected chi connectivity index (χ4v) is 1.16. The zero-order valence-corrected chi connectivity index (χ0v) is 8.07. The Morgan fingerprint density at radius 2 is 2.25 bits per heavy atom. The summed E-state index contributed by atoms with van der Waals surface area (Å²) < 4.78 is 12.8. The normalized spacial score (nSPS) is 10.1. The minimum absolute atomic E-state index is 0.00565. The molecular weight excluding hydrogens is 213 g/mol. The second-order valence-electron chi connectivity index (χ2n) is 3.02. The van der Waals surface area contributed by atoms with Crippen LogP contribution in [0.3, 0.4) is 0 Å². The molecule has 2 rings (SSSR count). The minimum atomic E-state index is -0.545. The van der Waals surface area contributed by atoms with E-state index in [2.05, 4.69) is 20.7 Å². The van der Waals surface area contributed by atoms with Gasteiger partial charge in [-0.3, -0.25) is 4.79 Å². The standard InChI is InChI=1S/C9H8FN5O/c10-5-2-1-3-6(4-5)12-9(16)7-8(11)14-15-13-7/h1-4H,(H,12,16)(H3,11,13,14,15). The Bertz CT molecular complexity index is 524. The Hall–Kier alpha value is -2.44. The lowest BCUT2D eigenvalue weighted by molar-refractivity contribution is 0.102. The summed E-state index contributed by atoms with van der Waals surface area (Å²) >= 11 is 0. The van der Waals surface area contributed by atoms with Gasteiger partial charge in [-0.05, 0) is 18.2 Å². The molecule has 1 aromatic heterocycles. The maximum absolute atomic E-state index is 12.8. The molecule has 0 atom stereocenters. The van der Waals surface area contributed by atoms with Gasteiger partial charge in [0, 0.05) is 5.69 Å². The fraction of sp³-hybridized carbons (Fsp3) is 0. The Morgan fingerprint density at radius 1 is 1.44 bits per heavy atom. The summed E-state index contributed by atoms with van der Waals surface area (Å²) in [5.41, 5.74) is 5.69. The SMILES string of the molecule is Nc1n[nH]nc1C(=O)Nc1cccc(F)c1. The Morgan fingerprint density at radius 3 is 2.88 bits per heavy atom. The molecule has 0 saturated carbocycles. The van der Waals surface area contributed by atoms with Crippen LogP contribution in [0.1, 0.15) is 10.5 Å². The molecule has 16 heavy (non-hydrogen) atoms. The van der Waals surface area contributed by atoms with Crippen LogP contribution in [-0.2, 0) is 0 Å². The minimum Gasteiger partial charge on any atom is -0.380 e. The largest absolute Gasteiger partial charge is 0.380 e. The molecule has 0 aliphatic heterocycles. The molecule has 4 N–H and O–H groups in total. The van der Waals surface area contributed by atoms with Crippen molar-refractivity contribution in [2.75, 3.05) is 11.1 Å². The van der Waals surface area contributed by atoms with Crippen molar-refractivity contribution in [3.05, 3.63) is 35.8 Å². The van der Waals surface area contributed by atoms with Gasteiger partial charge in [-0.1, -0.05) is 6.07 Å². The third kappa shape index (κ3) is 1.97. The van der Waals surface area contributed by atoms with Crippen LogP contribution in [0.15, 0.2) is 24.3 Å². The summed E-state index contributed by atoms with van der Waals surface area (Å²) in [6.07, 6.45) is 0. The van der Waals surface area contributed by atoms with Crippen LogP contribution in [0.4, 0.5) is 15.9 Å². The number of hydrogen-bond acceptors (Lipinski definition) is 4. The quantitative estimate of drug-likeness (QED) is 0.698. The van der Waals surface area contributed by atoms with Gasteiger partial charge in [-0.2, -0.15) is 5.21 Å². The number of H-pyrrole nitrogens is 1. The fourth-order valence-electron chi connectivity index (χ4n) is 1.16. The van der Waals surface area contributed by atoms with Gasteiger partial charge in [0.2, 0.25) is 0 Å². The van der Waals surface area contributed by atoms with E-state index in [0.29, 0.717) is 5.69 Å². The van der Waals surface area contributed by atoms with Crippen molar-refractivity contribution < 1.29 is 9.18 Å². The van der Waals surface area contributed by atoms with Crippen molar-refractivity contribution in [3.63, 3.8) is 0 Å². The molecule has 0 spiro atoms. The van der Waals surface area contributed by atoms with Crippen molar-refractivity contribution in [3.8, 4) is 0 Å². The van der Waals surface area contributed by atoms with Gasteiger partial charge in [0.25, 0.3) is 5.91 Å². The van der Waals surface area contributed by atoms with E-state index in [1.54, 1.807) is 6.07 Å². The predicted octanol–water partition coefficient (Wildman–Crippen LogP) is 0.778. The molecule has 0 unspecified atom stereocenters. The summed E-state index contributed by atoms with van der Waals surface area (Å²) in [4.78, 5) is 11.6. The van der Waals surface area contributed by atoms with Gasteiger partial charge >= 0.3 is 0 Å². The topological polar surface area (TPSA) is 96.7 Å². The highest BCUT2D eigenvalue weighted by atomic mass is 19.1. The lowest BCUT2D eigenvalue weighted by Crippen LogP contribution is -2.14. The molecule has 7 heteroatoms. The number of hydrogen-bond donors (Lipinski definition) is 3. The number of nitrogens with two attached hydrogens (primary N) is 1. The highest BCUT2D eigenvalue weighted by Crippen LogP contribution is 2.11. The van der Waals surface area contributed by atoms with E-state index in [1.807, 2.05) is 0 Å². The molecule has 0 aliphatic carbocycles. The summed E-state index contributed by atoms with van der Waals surface area (Å²) in [6.45, 7) is 0. The van der Waals surface area contributed by atoms with E-state index in [1.165, 1.54) is 18.2 Å². The Labute approximate surface area is 89.7 Å². The average molecular weight is 221 g/mol. The van der Waals surface area contributed by atoms with E-state index in [9.17, 15) is 9.18 Å². The molecule has 0 bridgehead atoms. The molecular formula is C9H8FN5O. The highest BCUT2D eigenvalue weighted by Gasteiger charge is 2.14. The molecule has 82 valence electrons. The molecule has 1 aromatic carbocycles. The van der Waals surface area contributed by atoms with Crippen LogP contribution in [-0.4, -0.2) is 21.3 Å². The number of anilines is 2. The van der Waals surface area contributed by atoms with E-state index in [-0.39, 0.29) is 11.5 Å². The second kappa shape index (κ2) is 3.97. The summed E-state index contributed by atoms with van der Waals surface area (Å²) in [5, 5.41) is 11.7. The average Bonchev–Trinajstić information content (AvgIpc) is 2.64. The monoisotopic (exact) mass is 221 g/mol. The molecule has 1 amide bonds. The van der Waals surface area contributed by atoms with Crippen LogP contribution in [0.5, 0.6) is 0 Å². The summed E-state index contributed by atoms with van der Waals surface area (Å²) in [7, 11) is 0. The van der Waals surface area contributed by atoms with Gasteiger partial charge in [0.1, 0.15) is 5.82 Å². The van der Waals surface area contributed by atoms with Crippen molar-refractivity contribution in [1.82, 2.24) is 15.4 Å². The van der Waals surface area contributed by atoms with Crippen LogP contribution in [0.25, 0.3) is 0 Å². The number of halogens is 1. The third-order valence-corrected chi connectivity index (χ3v) is 1.87. The first-order valence-electron chi connectivity index (χ1n) is 4.40. The first-order valence-corrected chi connectivity index (χ1v) is 4.40. The lowest BCUT2D eigenvalue weighted by Gasteiger charge is -2.02. The van der Waals surface area contributed by atoms with Crippen LogP contribution in [0, 0.1) is 5.82 Å². The van der Waals surface area contributed by atoms with Gasteiger partial charge < -0.3 is 11.1 Å². The number of amides is 1. The van der Waals surface area contributed by atoms with E-state index < -0.39 is 11.7 Å². The van der Waals surface area contributed by atoms with E-state index in [4.69, 9.17) is 5.73 Å². The summed E-state index contributed by atoms with van der Waals surface area (Å²) in [6, 6.07) is 5.50. The molecule has 0 radical (unpaired) electrons. The number of carbonyl (C=O) groups excluding carboxylic acids is 1. The van der Waals surface area contributed by atoms with Crippen molar-refractivity contribution in [1.29, 1.82) is 0 Å². The van der Waals surface area contributed by atoms with Gasteiger partial charge in [0.05, 0.1) is 0 Å². The molecule has 6 nitrogen and oxygen atoms in total. The van der Waals surface area contributed by atoms with Crippen molar-refractivity contribution >= 4 is 17.4 Å². The number of rotatable bonds is 2. The highest BCUT2D eigenvalue weighted by molar-refractivity contribution is 6.05. The zero-order valence-electron chi connectivity index (χ0n) is 8.07. The number of nitrogen functional groups attached to an aromatic ring is 1. The lowest BCUT2D eigenvalue weighted by atomic mass is 10.3. The molecule has 0 saturated heterocycles. The van der Waals surface area contributed by atoms with Crippen LogP contribution >= 0.6 is 0 Å². The van der Waals surface area contributed by atoms with Gasteiger partial charge in [-0.25, -0.2) is 4.39 Å². The second-order valence-corrected chi connectivity index (χ2v) is 3.02. The number of nitrogens with one attached hydrogen (secondary N) is 2. The molecule has 2 aromatic rings. The first-order chi connectivity index (χ1) is 7.66. The van der Waals surface area contributed by atoms with E-state index in [0.717, 1.165) is 0 Å². The number of aromatic nitrogens is 3. The first kappa shape index (κ1) is 10.1. The third-order valence-electron chi connectivity index (χ3n) is 1.87. The Balaban J connectivity index is 2.17. The number of aromatic amines is 1.